The maximum Gasteiger partial charge on any atom is 0.232 e. The normalized spacial score (nSPS) is 16.0. The summed E-state index contributed by atoms with van der Waals surface area (Å²) in [6.07, 6.45) is 2.47. The molecule has 0 amide bonds. The minimum atomic E-state index is -0.146. The third kappa shape index (κ3) is 4.81. The van der Waals surface area contributed by atoms with Crippen LogP contribution < -0.4 is 14.2 Å². The van der Waals surface area contributed by atoms with E-state index >= 15 is 0 Å². The van der Waals surface area contributed by atoms with Gasteiger partial charge in [0.2, 0.25) is 5.78 Å². The number of allylic oxidation sites excluding steroid dienone is 1. The lowest BCUT2D eigenvalue weighted by molar-refractivity contribution is 0.0949. The fraction of sp³-hybridized carbons (Fsp3) is 0.222. The molecule has 0 spiro atoms. The van der Waals surface area contributed by atoms with E-state index in [2.05, 4.69) is 20.8 Å². The quantitative estimate of drug-likeness (QED) is 0.305. The molecular weight excluding hydrogens is 553 g/mol. The number of carbonyl (C=O) groups excluding carboxylic acids is 1. The molecule has 5 nitrogen and oxygen atoms in total. The Balaban J connectivity index is 1.41. The van der Waals surface area contributed by atoms with E-state index < -0.39 is 0 Å². The lowest BCUT2D eigenvalue weighted by Gasteiger charge is -2.30. The average molecular weight is 575 g/mol. The van der Waals surface area contributed by atoms with Gasteiger partial charge in [0.05, 0.1) is 18.2 Å². The Kier molecular flexibility index (Phi) is 6.82. The molecule has 5 rings (SSSR count). The van der Waals surface area contributed by atoms with E-state index in [4.69, 9.17) is 37.4 Å². The average Bonchev–Trinajstić information content (AvgIpc) is 3.16. The van der Waals surface area contributed by atoms with E-state index in [0.29, 0.717) is 40.4 Å². The zero-order chi connectivity index (χ0) is 24.7. The number of hydrogen-bond acceptors (Lipinski definition) is 5. The Hall–Kier alpha value is -2.51. The van der Waals surface area contributed by atoms with Gasteiger partial charge in [0.25, 0.3) is 0 Å². The van der Waals surface area contributed by atoms with Crippen LogP contribution in [0.3, 0.4) is 0 Å². The molecule has 3 aromatic carbocycles. The molecule has 35 heavy (non-hydrogen) atoms. The number of Topliss-reactive ketones (excluding diaryl/α,β-unsaturated/α-hetero) is 1. The van der Waals surface area contributed by atoms with Gasteiger partial charge in [-0.15, -0.1) is 0 Å². The monoisotopic (exact) mass is 573 g/mol. The van der Waals surface area contributed by atoms with Crippen molar-refractivity contribution in [1.82, 2.24) is 4.90 Å². The summed E-state index contributed by atoms with van der Waals surface area (Å²) in [5.41, 5.74) is 4.06. The Morgan fingerprint density at radius 1 is 1.17 bits per heavy atom. The number of fused-ring (bicyclic) bond motifs is 3. The van der Waals surface area contributed by atoms with Crippen LogP contribution in [0.4, 0.5) is 0 Å². The number of ether oxygens (including phenoxy) is 3. The second kappa shape index (κ2) is 9.86. The molecular formula is C27H22BrCl2NO4. The molecule has 8 heteroatoms. The van der Waals surface area contributed by atoms with E-state index in [1.54, 1.807) is 19.3 Å². The molecule has 180 valence electrons. The first kappa shape index (κ1) is 24.2. The molecule has 0 aliphatic carbocycles. The van der Waals surface area contributed by atoms with E-state index in [9.17, 15) is 4.79 Å². The molecule has 2 aliphatic rings. The number of carbonyl (C=O) groups is 1. The van der Waals surface area contributed by atoms with Crippen molar-refractivity contribution in [3.63, 3.8) is 0 Å². The Labute approximate surface area is 222 Å². The predicted octanol–water partition coefficient (Wildman–Crippen LogP) is 7.08. The summed E-state index contributed by atoms with van der Waals surface area (Å²) in [4.78, 5) is 15.5. The number of rotatable bonds is 5. The Bertz CT molecular complexity index is 1370. The molecule has 0 N–H and O–H groups in total. The molecule has 0 atom stereocenters. The summed E-state index contributed by atoms with van der Waals surface area (Å²) in [7, 11) is 1.60. The smallest absolute Gasteiger partial charge is 0.232 e. The van der Waals surface area contributed by atoms with Crippen molar-refractivity contribution in [1.29, 1.82) is 0 Å². The highest BCUT2D eigenvalue weighted by molar-refractivity contribution is 9.10. The molecule has 0 aromatic heterocycles. The minimum Gasteiger partial charge on any atom is -0.496 e. The zero-order valence-corrected chi connectivity index (χ0v) is 22.3. The Morgan fingerprint density at radius 3 is 2.77 bits per heavy atom. The highest BCUT2D eigenvalue weighted by Crippen LogP contribution is 2.44. The SMILES string of the molecule is COc1ccc(Br)cc1/C=C1/Oc2c3c(cc(C)c2C1=O)OCN(CCc1ccc(Cl)cc1Cl)C3. The molecule has 0 bridgehead atoms. The maximum atomic E-state index is 13.3. The molecule has 0 saturated carbocycles. The summed E-state index contributed by atoms with van der Waals surface area (Å²) in [5, 5.41) is 1.27. The van der Waals surface area contributed by atoms with Crippen LogP contribution in [0.5, 0.6) is 17.2 Å². The van der Waals surface area contributed by atoms with Gasteiger partial charge in [-0.05, 0) is 66.9 Å². The second-order valence-electron chi connectivity index (χ2n) is 8.51. The standard InChI is InChI=1S/C27H22BrCl2NO4/c1-15-9-23-20(13-31(14-34-23)8-7-16-3-5-19(29)12-21(16)30)27-25(15)26(32)24(35-27)11-17-10-18(28)4-6-22(17)33-2/h3-6,9-12H,7-8,13-14H2,1-2H3/b24-11+. The summed E-state index contributed by atoms with van der Waals surface area (Å²) >= 11 is 15.8. The van der Waals surface area contributed by atoms with Gasteiger partial charge in [-0.2, -0.15) is 0 Å². The third-order valence-corrected chi connectivity index (χ3v) is 7.26. The maximum absolute atomic E-state index is 13.3. The van der Waals surface area contributed by atoms with Crippen molar-refractivity contribution in [2.45, 2.75) is 19.9 Å². The molecule has 0 saturated heterocycles. The number of ketones is 1. The van der Waals surface area contributed by atoms with Gasteiger partial charge < -0.3 is 14.2 Å². The van der Waals surface area contributed by atoms with Crippen LogP contribution in [0.15, 0.2) is 52.7 Å². The summed E-state index contributed by atoms with van der Waals surface area (Å²) in [6, 6.07) is 13.1. The molecule has 2 aliphatic heterocycles. The minimum absolute atomic E-state index is 0.146. The first-order valence-electron chi connectivity index (χ1n) is 11.1. The van der Waals surface area contributed by atoms with Crippen molar-refractivity contribution < 1.29 is 19.0 Å². The van der Waals surface area contributed by atoms with Gasteiger partial charge in [-0.3, -0.25) is 9.69 Å². The van der Waals surface area contributed by atoms with Crippen LogP contribution in [0, 0.1) is 6.92 Å². The molecule has 0 unspecified atom stereocenters. The van der Waals surface area contributed by atoms with E-state index in [0.717, 1.165) is 45.4 Å². The summed E-state index contributed by atoms with van der Waals surface area (Å²) in [6.45, 7) is 3.68. The van der Waals surface area contributed by atoms with Crippen molar-refractivity contribution in [3.05, 3.63) is 90.6 Å². The summed E-state index contributed by atoms with van der Waals surface area (Å²) in [5.74, 6) is 2.09. The van der Waals surface area contributed by atoms with Crippen LogP contribution in [0.25, 0.3) is 6.08 Å². The molecule has 3 aromatic rings. The number of nitrogens with zero attached hydrogens (tertiary/aromatic N) is 1. The highest BCUT2D eigenvalue weighted by Gasteiger charge is 2.35. The fourth-order valence-electron chi connectivity index (χ4n) is 4.38. The van der Waals surface area contributed by atoms with Crippen LogP contribution in [-0.2, 0) is 13.0 Å². The van der Waals surface area contributed by atoms with Crippen molar-refractivity contribution in [2.75, 3.05) is 20.4 Å². The lowest BCUT2D eigenvalue weighted by atomic mass is 9.98. The van der Waals surface area contributed by atoms with Crippen LogP contribution in [0.1, 0.15) is 32.6 Å². The van der Waals surface area contributed by atoms with Crippen LogP contribution >= 0.6 is 39.1 Å². The van der Waals surface area contributed by atoms with Crippen molar-refractivity contribution in [3.8, 4) is 17.2 Å². The number of benzene rings is 3. The molecule has 0 radical (unpaired) electrons. The topological polar surface area (TPSA) is 48.0 Å². The molecule has 2 heterocycles. The van der Waals surface area contributed by atoms with Gasteiger partial charge >= 0.3 is 0 Å². The van der Waals surface area contributed by atoms with E-state index in [1.165, 1.54) is 0 Å². The van der Waals surface area contributed by atoms with Gasteiger partial charge in [0, 0.05) is 33.2 Å². The first-order valence-corrected chi connectivity index (χ1v) is 12.6. The van der Waals surface area contributed by atoms with Gasteiger partial charge in [0.1, 0.15) is 24.0 Å². The number of aryl methyl sites for hydroxylation is 1. The zero-order valence-electron chi connectivity index (χ0n) is 19.2. The number of methoxy groups -OCH3 is 1. The fourth-order valence-corrected chi connectivity index (χ4v) is 5.26. The highest BCUT2D eigenvalue weighted by atomic mass is 79.9. The molecule has 0 fully saturated rings. The lowest BCUT2D eigenvalue weighted by Crippen LogP contribution is -2.34. The largest absolute Gasteiger partial charge is 0.496 e. The van der Waals surface area contributed by atoms with Crippen LogP contribution in [0.2, 0.25) is 10.0 Å². The Morgan fingerprint density at radius 2 is 2.00 bits per heavy atom. The van der Waals surface area contributed by atoms with Crippen molar-refractivity contribution >= 4 is 51.0 Å². The first-order chi connectivity index (χ1) is 16.8. The van der Waals surface area contributed by atoms with Crippen molar-refractivity contribution in [2.24, 2.45) is 0 Å². The number of hydrogen-bond donors (Lipinski definition) is 0. The summed E-state index contributed by atoms with van der Waals surface area (Å²) < 4.78 is 18.6. The van der Waals surface area contributed by atoms with E-state index in [1.807, 2.05) is 43.3 Å². The van der Waals surface area contributed by atoms with Gasteiger partial charge in [-0.1, -0.05) is 45.2 Å². The third-order valence-electron chi connectivity index (χ3n) is 6.18. The second-order valence-corrected chi connectivity index (χ2v) is 10.3. The van der Waals surface area contributed by atoms with E-state index in [-0.39, 0.29) is 11.5 Å². The van der Waals surface area contributed by atoms with Gasteiger partial charge in [0.15, 0.2) is 5.76 Å². The van der Waals surface area contributed by atoms with Crippen LogP contribution in [-0.4, -0.2) is 31.1 Å². The predicted molar refractivity (Wildman–Crippen MR) is 141 cm³/mol. The van der Waals surface area contributed by atoms with Gasteiger partial charge in [-0.25, -0.2) is 0 Å². The number of halogens is 3.